The van der Waals surface area contributed by atoms with Crippen molar-refractivity contribution in [1.29, 1.82) is 0 Å². The number of hydrogen-bond acceptors (Lipinski definition) is 2. The molecule has 116 valence electrons. The average molecular weight is 346 g/mol. The number of nitrogens with one attached hydrogen (secondary N) is 1. The van der Waals surface area contributed by atoms with Gasteiger partial charge in [-0.05, 0) is 42.8 Å². The van der Waals surface area contributed by atoms with E-state index in [0.29, 0.717) is 21.3 Å². The Morgan fingerprint density at radius 1 is 1.17 bits per heavy atom. The van der Waals surface area contributed by atoms with Crippen molar-refractivity contribution in [3.8, 4) is 5.69 Å². The molecule has 0 radical (unpaired) electrons. The highest BCUT2D eigenvalue weighted by Crippen LogP contribution is 2.23. The number of halogens is 2. The van der Waals surface area contributed by atoms with E-state index in [-0.39, 0.29) is 5.91 Å². The van der Waals surface area contributed by atoms with Gasteiger partial charge >= 0.3 is 0 Å². The molecule has 0 aliphatic heterocycles. The van der Waals surface area contributed by atoms with Crippen LogP contribution in [-0.2, 0) is 0 Å². The van der Waals surface area contributed by atoms with Crippen molar-refractivity contribution in [2.45, 2.75) is 6.92 Å². The average Bonchev–Trinajstić information content (AvgIpc) is 3.00. The van der Waals surface area contributed by atoms with Gasteiger partial charge in [-0.2, -0.15) is 5.10 Å². The predicted octanol–water partition coefficient (Wildman–Crippen LogP) is 4.74. The van der Waals surface area contributed by atoms with Crippen molar-refractivity contribution in [2.75, 3.05) is 5.32 Å². The summed E-state index contributed by atoms with van der Waals surface area (Å²) in [6.45, 7) is 1.94. The Bertz CT molecular complexity index is 874. The Kier molecular flexibility index (Phi) is 4.37. The molecule has 0 aliphatic carbocycles. The van der Waals surface area contributed by atoms with Crippen LogP contribution in [0, 0.1) is 6.92 Å². The van der Waals surface area contributed by atoms with Gasteiger partial charge in [0.25, 0.3) is 5.91 Å². The lowest BCUT2D eigenvalue weighted by molar-refractivity contribution is 0.102. The molecule has 1 heterocycles. The summed E-state index contributed by atoms with van der Waals surface area (Å²) in [7, 11) is 0. The van der Waals surface area contributed by atoms with Gasteiger partial charge in [0, 0.05) is 11.2 Å². The second kappa shape index (κ2) is 6.44. The van der Waals surface area contributed by atoms with E-state index < -0.39 is 0 Å². The quantitative estimate of drug-likeness (QED) is 0.745. The molecule has 1 amide bonds. The zero-order chi connectivity index (χ0) is 16.4. The van der Waals surface area contributed by atoms with E-state index in [1.165, 1.54) is 6.20 Å². The molecule has 23 heavy (non-hydrogen) atoms. The molecule has 3 aromatic rings. The summed E-state index contributed by atoms with van der Waals surface area (Å²) in [6.07, 6.45) is 3.14. The molecule has 0 saturated carbocycles. The zero-order valence-electron chi connectivity index (χ0n) is 12.3. The lowest BCUT2D eigenvalue weighted by atomic mass is 10.2. The summed E-state index contributed by atoms with van der Waals surface area (Å²) in [4.78, 5) is 12.3. The van der Waals surface area contributed by atoms with Gasteiger partial charge < -0.3 is 5.32 Å². The van der Waals surface area contributed by atoms with Gasteiger partial charge in [-0.1, -0.05) is 35.3 Å². The van der Waals surface area contributed by atoms with Crippen molar-refractivity contribution in [2.24, 2.45) is 0 Å². The van der Waals surface area contributed by atoms with Gasteiger partial charge in [-0.3, -0.25) is 4.79 Å². The number of benzene rings is 2. The van der Waals surface area contributed by atoms with Crippen LogP contribution < -0.4 is 5.32 Å². The Morgan fingerprint density at radius 3 is 2.74 bits per heavy atom. The van der Waals surface area contributed by atoms with Gasteiger partial charge in [0.1, 0.15) is 0 Å². The minimum absolute atomic E-state index is 0.274. The van der Waals surface area contributed by atoms with Crippen LogP contribution in [-0.4, -0.2) is 15.7 Å². The van der Waals surface area contributed by atoms with Gasteiger partial charge in [0.15, 0.2) is 0 Å². The topological polar surface area (TPSA) is 46.9 Å². The third kappa shape index (κ3) is 3.55. The van der Waals surface area contributed by atoms with Crippen molar-refractivity contribution in [3.05, 3.63) is 76.0 Å². The standard InChI is InChI=1S/C17H13Cl2N3O/c1-11-5-6-16(15(19)7-11)21-17(23)12-9-20-22(10-12)14-4-2-3-13(18)8-14/h2-10H,1H3,(H,21,23). The maximum absolute atomic E-state index is 12.3. The van der Waals surface area contributed by atoms with Crippen LogP contribution in [0.15, 0.2) is 54.9 Å². The highest BCUT2D eigenvalue weighted by molar-refractivity contribution is 6.34. The third-order valence-corrected chi connectivity index (χ3v) is 3.84. The van der Waals surface area contributed by atoms with E-state index >= 15 is 0 Å². The number of carbonyl (C=O) groups is 1. The molecule has 3 rings (SSSR count). The summed E-state index contributed by atoms with van der Waals surface area (Å²) in [5, 5.41) is 8.08. The maximum Gasteiger partial charge on any atom is 0.258 e. The Labute approximate surface area is 143 Å². The molecule has 0 unspecified atom stereocenters. The summed E-state index contributed by atoms with van der Waals surface area (Å²) >= 11 is 12.1. The van der Waals surface area contributed by atoms with Crippen LogP contribution >= 0.6 is 23.2 Å². The predicted molar refractivity (Wildman–Crippen MR) is 92.7 cm³/mol. The number of carbonyl (C=O) groups excluding carboxylic acids is 1. The number of nitrogens with zero attached hydrogens (tertiary/aromatic N) is 2. The van der Waals surface area contributed by atoms with E-state index in [4.69, 9.17) is 23.2 Å². The van der Waals surface area contributed by atoms with Crippen LogP contribution in [0.5, 0.6) is 0 Å². The van der Waals surface area contributed by atoms with E-state index in [1.807, 2.05) is 25.1 Å². The first kappa shape index (κ1) is 15.6. The number of amides is 1. The first-order chi connectivity index (χ1) is 11.0. The molecular formula is C17H13Cl2N3O. The van der Waals surface area contributed by atoms with Crippen molar-refractivity contribution >= 4 is 34.8 Å². The number of anilines is 1. The van der Waals surface area contributed by atoms with Crippen LogP contribution in [0.1, 0.15) is 15.9 Å². The molecule has 4 nitrogen and oxygen atoms in total. The molecule has 0 saturated heterocycles. The minimum Gasteiger partial charge on any atom is -0.321 e. The van der Waals surface area contributed by atoms with Crippen molar-refractivity contribution in [1.82, 2.24) is 9.78 Å². The number of aryl methyl sites for hydroxylation is 1. The fraction of sp³-hybridized carbons (Fsp3) is 0.0588. The number of aromatic nitrogens is 2. The number of rotatable bonds is 3. The summed E-state index contributed by atoms with van der Waals surface area (Å²) < 4.78 is 1.59. The van der Waals surface area contributed by atoms with Gasteiger partial charge in [-0.25, -0.2) is 4.68 Å². The Morgan fingerprint density at radius 2 is 2.00 bits per heavy atom. The molecular weight excluding hydrogens is 333 g/mol. The molecule has 1 aromatic heterocycles. The lowest BCUT2D eigenvalue weighted by Gasteiger charge is -2.06. The van der Waals surface area contributed by atoms with Crippen LogP contribution in [0.25, 0.3) is 5.69 Å². The lowest BCUT2D eigenvalue weighted by Crippen LogP contribution is -2.11. The van der Waals surface area contributed by atoms with Crippen LogP contribution in [0.3, 0.4) is 0 Å². The summed E-state index contributed by atoms with van der Waals surface area (Å²) in [6, 6.07) is 12.7. The zero-order valence-corrected chi connectivity index (χ0v) is 13.8. The Hall–Kier alpha value is -2.30. The molecule has 2 aromatic carbocycles. The second-order valence-electron chi connectivity index (χ2n) is 5.09. The first-order valence-corrected chi connectivity index (χ1v) is 7.66. The van der Waals surface area contributed by atoms with Crippen molar-refractivity contribution in [3.63, 3.8) is 0 Å². The monoisotopic (exact) mass is 345 g/mol. The minimum atomic E-state index is -0.274. The maximum atomic E-state index is 12.3. The van der Waals surface area contributed by atoms with E-state index in [0.717, 1.165) is 11.3 Å². The second-order valence-corrected chi connectivity index (χ2v) is 5.93. The molecule has 1 N–H and O–H groups in total. The normalized spacial score (nSPS) is 10.6. The van der Waals surface area contributed by atoms with Crippen LogP contribution in [0.2, 0.25) is 10.0 Å². The van der Waals surface area contributed by atoms with Gasteiger partial charge in [0.05, 0.1) is 28.2 Å². The van der Waals surface area contributed by atoms with Crippen LogP contribution in [0.4, 0.5) is 5.69 Å². The van der Waals surface area contributed by atoms with E-state index in [2.05, 4.69) is 10.4 Å². The molecule has 0 spiro atoms. The number of hydrogen-bond donors (Lipinski definition) is 1. The summed E-state index contributed by atoms with van der Waals surface area (Å²) in [5.74, 6) is -0.274. The molecule has 6 heteroatoms. The molecule has 0 bridgehead atoms. The van der Waals surface area contributed by atoms with Gasteiger partial charge in [0.2, 0.25) is 0 Å². The van der Waals surface area contributed by atoms with Crippen molar-refractivity contribution < 1.29 is 4.79 Å². The largest absolute Gasteiger partial charge is 0.321 e. The fourth-order valence-electron chi connectivity index (χ4n) is 2.12. The molecule has 0 aliphatic rings. The summed E-state index contributed by atoms with van der Waals surface area (Å²) in [5.41, 5.74) is 2.81. The SMILES string of the molecule is Cc1ccc(NC(=O)c2cnn(-c3cccc(Cl)c3)c2)c(Cl)c1. The molecule has 0 atom stereocenters. The first-order valence-electron chi connectivity index (χ1n) is 6.91. The Balaban J connectivity index is 1.81. The van der Waals surface area contributed by atoms with E-state index in [9.17, 15) is 4.79 Å². The smallest absolute Gasteiger partial charge is 0.258 e. The highest BCUT2D eigenvalue weighted by Gasteiger charge is 2.11. The highest BCUT2D eigenvalue weighted by atomic mass is 35.5. The van der Waals surface area contributed by atoms with Gasteiger partial charge in [-0.15, -0.1) is 0 Å². The molecule has 0 fully saturated rings. The van der Waals surface area contributed by atoms with E-state index in [1.54, 1.807) is 35.1 Å². The third-order valence-electron chi connectivity index (χ3n) is 3.29. The fourth-order valence-corrected chi connectivity index (χ4v) is 2.58.